The topological polar surface area (TPSA) is 185 Å². The summed E-state index contributed by atoms with van der Waals surface area (Å²) in [5, 5.41) is 68.0. The molecule has 0 aromatic carbocycles. The second-order valence-corrected chi connectivity index (χ2v) is 15.3. The van der Waals surface area contributed by atoms with Crippen molar-refractivity contribution < 1.29 is 47.8 Å². The maximum Gasteiger partial charge on any atom is 0.397 e. The first kappa shape index (κ1) is 32.3. The van der Waals surface area contributed by atoms with E-state index in [0.29, 0.717) is 32.1 Å². The Morgan fingerprint density at radius 2 is 1.73 bits per heavy atom. The monoisotopic (exact) mass is 590 g/mol. The maximum absolute atomic E-state index is 12.4. The third-order valence-electron chi connectivity index (χ3n) is 11.9. The lowest BCUT2D eigenvalue weighted by Crippen LogP contribution is -2.75. The van der Waals surface area contributed by atoms with E-state index in [4.69, 9.17) is 4.55 Å². The van der Waals surface area contributed by atoms with Crippen LogP contribution in [0.1, 0.15) is 86.0 Å². The molecule has 232 valence electrons. The van der Waals surface area contributed by atoms with Crippen molar-refractivity contribution in [2.24, 2.45) is 40.4 Å². The molecular formula is C29H50O10S. The summed E-state index contributed by atoms with van der Waals surface area (Å²) in [6, 6.07) is 0. The molecule has 0 amide bonds. The van der Waals surface area contributed by atoms with Crippen LogP contribution in [0.15, 0.2) is 12.2 Å². The van der Waals surface area contributed by atoms with Gasteiger partial charge in [-0.05, 0) is 68.6 Å². The molecule has 7 N–H and O–H groups in total. The summed E-state index contributed by atoms with van der Waals surface area (Å²) >= 11 is 0. The molecule has 0 aromatic heterocycles. The molecule has 4 saturated carbocycles. The normalized spacial score (nSPS) is 48.6. The van der Waals surface area contributed by atoms with Gasteiger partial charge in [0.15, 0.2) is 0 Å². The molecule has 0 aromatic rings. The van der Waals surface area contributed by atoms with Crippen molar-refractivity contribution in [3.63, 3.8) is 0 Å². The van der Waals surface area contributed by atoms with E-state index in [2.05, 4.69) is 11.1 Å². The highest BCUT2D eigenvalue weighted by atomic mass is 32.3. The molecule has 0 radical (unpaired) electrons. The number of fused-ring (bicyclic) bond motifs is 5. The predicted molar refractivity (Wildman–Crippen MR) is 147 cm³/mol. The van der Waals surface area contributed by atoms with E-state index in [9.17, 15) is 39.1 Å². The Morgan fingerprint density at radius 3 is 2.33 bits per heavy atom. The zero-order valence-corrected chi connectivity index (χ0v) is 25.2. The number of hydrogen-bond acceptors (Lipinski definition) is 9. The molecule has 10 nitrogen and oxygen atoms in total. The lowest BCUT2D eigenvalue weighted by molar-refractivity contribution is -0.315. The van der Waals surface area contributed by atoms with Crippen LogP contribution in [-0.2, 0) is 14.6 Å². The molecule has 0 bridgehead atoms. The Kier molecular flexibility index (Phi) is 8.49. The van der Waals surface area contributed by atoms with Gasteiger partial charge in [-0.25, -0.2) is 4.18 Å². The molecule has 0 aliphatic heterocycles. The number of hydrogen-bond donors (Lipinski definition) is 7. The van der Waals surface area contributed by atoms with Gasteiger partial charge in [0.1, 0.15) is 0 Å². The molecular weight excluding hydrogens is 540 g/mol. The summed E-state index contributed by atoms with van der Waals surface area (Å²) < 4.78 is 35.4. The van der Waals surface area contributed by atoms with Crippen molar-refractivity contribution in [1.82, 2.24) is 0 Å². The Bertz CT molecular complexity index is 1080. The van der Waals surface area contributed by atoms with Gasteiger partial charge in [-0.3, -0.25) is 4.55 Å². The number of aliphatic hydroxyl groups excluding tert-OH is 3. The highest BCUT2D eigenvalue weighted by Gasteiger charge is 2.74. The molecule has 2 unspecified atom stereocenters. The van der Waals surface area contributed by atoms with Gasteiger partial charge in [0.2, 0.25) is 0 Å². The Labute approximate surface area is 238 Å². The van der Waals surface area contributed by atoms with Gasteiger partial charge in [0.05, 0.1) is 41.7 Å². The Balaban J connectivity index is 1.58. The van der Waals surface area contributed by atoms with Crippen LogP contribution >= 0.6 is 0 Å². The van der Waals surface area contributed by atoms with E-state index >= 15 is 0 Å². The van der Waals surface area contributed by atoms with E-state index in [0.717, 1.165) is 6.42 Å². The molecule has 0 heterocycles. The van der Waals surface area contributed by atoms with Crippen LogP contribution in [0.5, 0.6) is 0 Å². The summed E-state index contributed by atoms with van der Waals surface area (Å²) in [5.74, 6) is -1.36. The fraction of sp³-hybridized carbons (Fsp3) is 0.931. The van der Waals surface area contributed by atoms with Crippen molar-refractivity contribution in [3.8, 4) is 0 Å². The van der Waals surface area contributed by atoms with E-state index in [1.54, 1.807) is 0 Å². The lowest BCUT2D eigenvalue weighted by Gasteiger charge is -2.68. The summed E-state index contributed by atoms with van der Waals surface area (Å²) in [5.41, 5.74) is -5.68. The first-order valence-electron chi connectivity index (χ1n) is 14.8. The van der Waals surface area contributed by atoms with Crippen molar-refractivity contribution in [2.45, 2.75) is 121 Å². The minimum atomic E-state index is -4.69. The molecule has 13 atom stereocenters. The fourth-order valence-corrected chi connectivity index (χ4v) is 10.2. The number of allylic oxidation sites excluding steroid dienone is 1. The van der Waals surface area contributed by atoms with Gasteiger partial charge in [0, 0.05) is 30.1 Å². The zero-order valence-electron chi connectivity index (χ0n) is 24.4. The Morgan fingerprint density at radius 1 is 1.07 bits per heavy atom. The smallest absolute Gasteiger partial charge is 0.393 e. The number of aliphatic hydroxyl groups is 6. The van der Waals surface area contributed by atoms with Crippen LogP contribution in [0.2, 0.25) is 0 Å². The van der Waals surface area contributed by atoms with E-state index in [-0.39, 0.29) is 30.6 Å². The highest BCUT2D eigenvalue weighted by molar-refractivity contribution is 7.80. The standard InChI is InChI=1S/C29H50O10S/c1-6-18(27(5,33)16-39-40(36,37)38)8-7-17(2)20-13-21(31)24-25(20,3)11-10-22-26(4)12-9-19(30)14-29(26,35)23(32)15-28(22,24)34/h7-8,17-24,30-35H,6,9-16H2,1-5H3,(H,36,37,38)/b8-7+/t17-,18-,19+,20-,21+,22?,23-,24?,25-,26-,27+,28+,29+/m1/s1. The van der Waals surface area contributed by atoms with E-state index in [1.165, 1.54) is 6.92 Å². The van der Waals surface area contributed by atoms with Gasteiger partial charge in [-0.15, -0.1) is 0 Å². The van der Waals surface area contributed by atoms with Crippen molar-refractivity contribution in [2.75, 3.05) is 6.61 Å². The van der Waals surface area contributed by atoms with Crippen LogP contribution in [0.25, 0.3) is 0 Å². The zero-order chi connectivity index (χ0) is 30.1. The predicted octanol–water partition coefficient (Wildman–Crippen LogP) is 1.97. The van der Waals surface area contributed by atoms with Gasteiger partial charge in [0.25, 0.3) is 0 Å². The van der Waals surface area contributed by atoms with Crippen LogP contribution < -0.4 is 0 Å². The van der Waals surface area contributed by atoms with Crippen molar-refractivity contribution >= 4 is 10.4 Å². The third-order valence-corrected chi connectivity index (χ3v) is 12.4. The lowest BCUT2D eigenvalue weighted by atomic mass is 9.40. The molecule has 4 fully saturated rings. The third kappa shape index (κ3) is 5.11. The minimum Gasteiger partial charge on any atom is -0.393 e. The number of rotatable bonds is 8. The van der Waals surface area contributed by atoms with Crippen molar-refractivity contribution in [3.05, 3.63) is 12.2 Å². The second-order valence-electron chi connectivity index (χ2n) is 14.2. The van der Waals surface area contributed by atoms with Gasteiger partial charge < -0.3 is 30.6 Å². The molecule has 0 spiro atoms. The van der Waals surface area contributed by atoms with Crippen LogP contribution in [0.4, 0.5) is 0 Å². The van der Waals surface area contributed by atoms with Crippen molar-refractivity contribution in [1.29, 1.82) is 0 Å². The fourth-order valence-electron chi connectivity index (χ4n) is 9.83. The van der Waals surface area contributed by atoms with Gasteiger partial charge in [-0.1, -0.05) is 39.8 Å². The summed E-state index contributed by atoms with van der Waals surface area (Å²) in [6.07, 6.45) is 4.37. The van der Waals surface area contributed by atoms with E-state index < -0.39 is 74.8 Å². The van der Waals surface area contributed by atoms with E-state index in [1.807, 2.05) is 32.9 Å². The molecule has 4 aliphatic carbocycles. The quantitative estimate of drug-likeness (QED) is 0.163. The first-order valence-corrected chi connectivity index (χ1v) is 16.1. The average molecular weight is 591 g/mol. The summed E-state index contributed by atoms with van der Waals surface area (Å²) in [7, 11) is -4.69. The first-order chi connectivity index (χ1) is 18.2. The van der Waals surface area contributed by atoms with Crippen LogP contribution in [-0.4, -0.2) is 85.3 Å². The van der Waals surface area contributed by atoms with Gasteiger partial charge >= 0.3 is 10.4 Å². The van der Waals surface area contributed by atoms with Gasteiger partial charge in [-0.2, -0.15) is 8.42 Å². The SMILES string of the molecule is CC[C@H](/C=C/[C@@H](C)[C@H]1C[C@H](O)C2[C@]3(O)C[C@@H](O)[C@@]4(O)C[C@@H](O)CC[C@]4(C)C3CC[C@@]21C)[C@@](C)(O)COS(=O)(=O)O. The van der Waals surface area contributed by atoms with Crippen LogP contribution in [0.3, 0.4) is 0 Å². The molecule has 4 rings (SSSR count). The maximum atomic E-state index is 12.4. The summed E-state index contributed by atoms with van der Waals surface area (Å²) in [4.78, 5) is 0. The second kappa shape index (κ2) is 10.5. The molecule has 40 heavy (non-hydrogen) atoms. The molecule has 11 heteroatoms. The molecule has 0 saturated heterocycles. The van der Waals surface area contributed by atoms with Crippen LogP contribution in [0, 0.1) is 40.4 Å². The largest absolute Gasteiger partial charge is 0.397 e. The Hall–Kier alpha value is -0.630. The minimum absolute atomic E-state index is 0.0100. The highest BCUT2D eigenvalue weighted by Crippen LogP contribution is 2.70. The molecule has 4 aliphatic rings. The summed E-state index contributed by atoms with van der Waals surface area (Å²) in [6.45, 7) is 8.78. The average Bonchev–Trinajstić information content (AvgIpc) is 3.11.